The van der Waals surface area contributed by atoms with E-state index in [0.29, 0.717) is 5.56 Å². The largest absolute Gasteiger partial charge is 0.256 e. The SMILES string of the molecule is N#Cc1cccc2cccnc12.c1ccc2ncccc2c1. The van der Waals surface area contributed by atoms with Crippen LogP contribution >= 0.6 is 0 Å². The molecule has 0 aliphatic carbocycles. The van der Waals surface area contributed by atoms with Crippen molar-refractivity contribution in [3.05, 3.63) is 84.7 Å². The van der Waals surface area contributed by atoms with E-state index in [4.69, 9.17) is 5.26 Å². The molecule has 0 N–H and O–H groups in total. The van der Waals surface area contributed by atoms with E-state index >= 15 is 0 Å². The summed E-state index contributed by atoms with van der Waals surface area (Å²) >= 11 is 0. The highest BCUT2D eigenvalue weighted by Gasteiger charge is 1.98. The molecule has 0 saturated heterocycles. The maximum absolute atomic E-state index is 8.75. The van der Waals surface area contributed by atoms with Gasteiger partial charge in [-0.15, -0.1) is 0 Å². The number of aromatic nitrogens is 2. The lowest BCUT2D eigenvalue weighted by Crippen LogP contribution is -1.81. The number of para-hydroxylation sites is 2. The molecular weight excluding hydrogens is 270 g/mol. The topological polar surface area (TPSA) is 49.6 Å². The van der Waals surface area contributed by atoms with Crippen LogP contribution in [-0.2, 0) is 0 Å². The van der Waals surface area contributed by atoms with Gasteiger partial charge in [0.05, 0.1) is 16.6 Å². The molecule has 0 amide bonds. The number of benzene rings is 2. The fourth-order valence-corrected chi connectivity index (χ4v) is 2.21. The molecule has 0 aliphatic rings. The molecule has 2 aromatic heterocycles. The van der Waals surface area contributed by atoms with Crippen molar-refractivity contribution in [2.24, 2.45) is 0 Å². The predicted octanol–water partition coefficient (Wildman–Crippen LogP) is 4.34. The second-order valence-corrected chi connectivity index (χ2v) is 4.69. The summed E-state index contributed by atoms with van der Waals surface area (Å²) < 4.78 is 0. The molecule has 0 unspecified atom stereocenters. The smallest absolute Gasteiger partial charge is 0.101 e. The Morgan fingerprint density at radius 2 is 1.36 bits per heavy atom. The van der Waals surface area contributed by atoms with Gasteiger partial charge in [-0.3, -0.25) is 9.97 Å². The fraction of sp³-hybridized carbons (Fsp3) is 0. The maximum atomic E-state index is 8.75. The first-order chi connectivity index (χ1) is 10.9. The quantitative estimate of drug-likeness (QED) is 0.482. The van der Waals surface area contributed by atoms with Crippen molar-refractivity contribution in [1.82, 2.24) is 9.97 Å². The van der Waals surface area contributed by atoms with Crippen LogP contribution in [0.15, 0.2) is 79.1 Å². The lowest BCUT2D eigenvalue weighted by atomic mass is 10.1. The van der Waals surface area contributed by atoms with Gasteiger partial charge in [-0.05, 0) is 24.3 Å². The third-order valence-corrected chi connectivity index (χ3v) is 3.27. The lowest BCUT2D eigenvalue weighted by molar-refractivity contribution is 1.39. The summed E-state index contributed by atoms with van der Waals surface area (Å²) in [4.78, 5) is 8.31. The first kappa shape index (κ1) is 13.7. The van der Waals surface area contributed by atoms with Crippen molar-refractivity contribution in [1.29, 1.82) is 5.26 Å². The van der Waals surface area contributed by atoms with Crippen molar-refractivity contribution in [2.75, 3.05) is 0 Å². The normalized spacial score (nSPS) is 9.77. The third kappa shape index (κ3) is 2.92. The molecule has 2 aromatic carbocycles. The average Bonchev–Trinajstić information content (AvgIpc) is 2.62. The van der Waals surface area contributed by atoms with Gasteiger partial charge in [-0.2, -0.15) is 5.26 Å². The molecule has 104 valence electrons. The Labute approximate surface area is 128 Å². The minimum Gasteiger partial charge on any atom is -0.256 e. The molecule has 3 heteroatoms. The first-order valence-electron chi connectivity index (χ1n) is 6.92. The van der Waals surface area contributed by atoms with Crippen molar-refractivity contribution in [2.45, 2.75) is 0 Å². The fourth-order valence-electron chi connectivity index (χ4n) is 2.21. The van der Waals surface area contributed by atoms with Crippen LogP contribution in [0.2, 0.25) is 0 Å². The number of fused-ring (bicyclic) bond motifs is 2. The van der Waals surface area contributed by atoms with Crippen LogP contribution in [-0.4, -0.2) is 9.97 Å². The summed E-state index contributed by atoms with van der Waals surface area (Å²) in [5, 5.41) is 11.0. The lowest BCUT2D eigenvalue weighted by Gasteiger charge is -1.95. The molecule has 4 rings (SSSR count). The number of hydrogen-bond acceptors (Lipinski definition) is 3. The number of nitrogens with zero attached hydrogens (tertiary/aromatic N) is 3. The monoisotopic (exact) mass is 283 g/mol. The van der Waals surface area contributed by atoms with E-state index in [2.05, 4.69) is 28.2 Å². The number of hydrogen-bond donors (Lipinski definition) is 0. The summed E-state index contributed by atoms with van der Waals surface area (Å²) in [5.74, 6) is 0. The van der Waals surface area contributed by atoms with Crippen LogP contribution in [0.4, 0.5) is 0 Å². The maximum Gasteiger partial charge on any atom is 0.101 e. The highest BCUT2D eigenvalue weighted by atomic mass is 14.6. The molecule has 22 heavy (non-hydrogen) atoms. The summed E-state index contributed by atoms with van der Waals surface area (Å²) in [6, 6.07) is 23.6. The summed E-state index contributed by atoms with van der Waals surface area (Å²) in [6.45, 7) is 0. The number of pyridine rings is 2. The van der Waals surface area contributed by atoms with Crippen LogP contribution in [0.1, 0.15) is 5.56 Å². The zero-order valence-electron chi connectivity index (χ0n) is 11.8. The molecule has 0 saturated carbocycles. The Balaban J connectivity index is 0.000000133. The van der Waals surface area contributed by atoms with Crippen LogP contribution in [0.3, 0.4) is 0 Å². The van der Waals surface area contributed by atoms with Gasteiger partial charge in [0, 0.05) is 23.2 Å². The van der Waals surface area contributed by atoms with E-state index in [-0.39, 0.29) is 0 Å². The molecule has 0 fully saturated rings. The molecule has 0 atom stereocenters. The third-order valence-electron chi connectivity index (χ3n) is 3.27. The van der Waals surface area contributed by atoms with Gasteiger partial charge in [-0.1, -0.05) is 42.5 Å². The van der Waals surface area contributed by atoms with E-state index in [1.807, 2.05) is 54.7 Å². The second-order valence-electron chi connectivity index (χ2n) is 4.69. The molecular formula is C19H13N3. The van der Waals surface area contributed by atoms with Crippen molar-refractivity contribution >= 4 is 21.8 Å². The van der Waals surface area contributed by atoms with Crippen LogP contribution < -0.4 is 0 Å². The van der Waals surface area contributed by atoms with Crippen LogP contribution in [0.25, 0.3) is 21.8 Å². The Kier molecular flexibility index (Phi) is 4.03. The molecule has 3 nitrogen and oxygen atoms in total. The molecule has 4 aromatic rings. The van der Waals surface area contributed by atoms with E-state index in [1.54, 1.807) is 12.3 Å². The molecule has 0 aliphatic heterocycles. The standard InChI is InChI=1S/C10H6N2.C9H7N/c11-7-9-4-1-3-8-5-2-6-12-10(8)9;1-2-6-9-8(4-1)5-3-7-10-9/h1-6H;1-7H. The van der Waals surface area contributed by atoms with Crippen molar-refractivity contribution < 1.29 is 0 Å². The van der Waals surface area contributed by atoms with E-state index < -0.39 is 0 Å². The minimum absolute atomic E-state index is 0.633. The second kappa shape index (κ2) is 6.47. The average molecular weight is 283 g/mol. The highest BCUT2D eigenvalue weighted by molar-refractivity contribution is 5.83. The highest BCUT2D eigenvalue weighted by Crippen LogP contribution is 2.14. The van der Waals surface area contributed by atoms with Gasteiger partial charge in [0.2, 0.25) is 0 Å². The van der Waals surface area contributed by atoms with Crippen LogP contribution in [0.5, 0.6) is 0 Å². The molecule has 2 heterocycles. The predicted molar refractivity (Wildman–Crippen MR) is 88.2 cm³/mol. The van der Waals surface area contributed by atoms with Gasteiger partial charge in [-0.25, -0.2) is 0 Å². The summed E-state index contributed by atoms with van der Waals surface area (Å²) in [5.41, 5.74) is 2.47. The minimum atomic E-state index is 0.633. The number of nitriles is 1. The Morgan fingerprint density at radius 1 is 0.682 bits per heavy atom. The van der Waals surface area contributed by atoms with E-state index in [1.165, 1.54) is 5.39 Å². The van der Waals surface area contributed by atoms with E-state index in [0.717, 1.165) is 16.4 Å². The Hall–Kier alpha value is -3.25. The van der Waals surface area contributed by atoms with Gasteiger partial charge >= 0.3 is 0 Å². The molecule has 0 spiro atoms. The van der Waals surface area contributed by atoms with Gasteiger partial charge in [0.15, 0.2) is 0 Å². The van der Waals surface area contributed by atoms with Gasteiger partial charge in [0.25, 0.3) is 0 Å². The van der Waals surface area contributed by atoms with E-state index in [9.17, 15) is 0 Å². The number of rotatable bonds is 0. The Bertz CT molecular complexity index is 884. The first-order valence-corrected chi connectivity index (χ1v) is 6.92. The Morgan fingerprint density at radius 3 is 2.18 bits per heavy atom. The van der Waals surface area contributed by atoms with Crippen molar-refractivity contribution in [3.63, 3.8) is 0 Å². The van der Waals surface area contributed by atoms with Gasteiger partial charge < -0.3 is 0 Å². The van der Waals surface area contributed by atoms with Crippen LogP contribution in [0, 0.1) is 11.3 Å². The zero-order chi connectivity index (χ0) is 15.2. The summed E-state index contributed by atoms with van der Waals surface area (Å²) in [6.07, 6.45) is 3.51. The molecule has 0 bridgehead atoms. The summed E-state index contributed by atoms with van der Waals surface area (Å²) in [7, 11) is 0. The van der Waals surface area contributed by atoms with Crippen molar-refractivity contribution in [3.8, 4) is 6.07 Å². The van der Waals surface area contributed by atoms with Gasteiger partial charge in [0.1, 0.15) is 6.07 Å². The molecule has 0 radical (unpaired) electrons. The zero-order valence-corrected chi connectivity index (χ0v) is 11.8.